The summed E-state index contributed by atoms with van der Waals surface area (Å²) in [4.78, 5) is 11.7. The van der Waals surface area contributed by atoms with Crippen LogP contribution < -0.4 is 16.0 Å². The number of phenols is 1. The summed E-state index contributed by atoms with van der Waals surface area (Å²) in [7, 11) is 0. The maximum atomic E-state index is 11.7. The second-order valence-corrected chi connectivity index (χ2v) is 4.74. The summed E-state index contributed by atoms with van der Waals surface area (Å²) < 4.78 is 0. The fourth-order valence-electron chi connectivity index (χ4n) is 1.43. The topological polar surface area (TPSA) is 73.4 Å². The molecule has 0 saturated heterocycles. The number of carbonyl (C=O) groups is 1. The van der Waals surface area contributed by atoms with E-state index >= 15 is 0 Å². The monoisotopic (exact) mass is 281 g/mol. The Morgan fingerprint density at radius 3 is 2.53 bits per heavy atom. The molecule has 0 fully saturated rings. The molecule has 19 heavy (non-hydrogen) atoms. The number of aromatic hydroxyl groups is 1. The summed E-state index contributed by atoms with van der Waals surface area (Å²) in [5.74, 6) is -0.326. The van der Waals surface area contributed by atoms with E-state index in [1.165, 1.54) is 6.07 Å². The molecular weight excluding hydrogens is 262 g/mol. The highest BCUT2D eigenvalue weighted by Gasteiger charge is 2.08. The Hall–Kier alpha value is -1.82. The summed E-state index contributed by atoms with van der Waals surface area (Å²) in [6.45, 7) is 4.94. The number of thiocarbonyl (C=S) groups is 1. The summed E-state index contributed by atoms with van der Waals surface area (Å²) in [5.41, 5.74) is 0.269. The van der Waals surface area contributed by atoms with E-state index in [4.69, 9.17) is 12.2 Å². The van der Waals surface area contributed by atoms with Gasteiger partial charge in [0, 0.05) is 19.1 Å². The summed E-state index contributed by atoms with van der Waals surface area (Å²) in [6, 6.07) is 6.70. The van der Waals surface area contributed by atoms with Crippen LogP contribution in [0.25, 0.3) is 0 Å². The van der Waals surface area contributed by atoms with Crippen molar-refractivity contribution in [3.63, 3.8) is 0 Å². The molecule has 1 amide bonds. The zero-order chi connectivity index (χ0) is 14.3. The van der Waals surface area contributed by atoms with Crippen molar-refractivity contribution in [3.8, 4) is 5.75 Å². The molecule has 0 unspecified atom stereocenters. The third-order valence-electron chi connectivity index (χ3n) is 2.26. The van der Waals surface area contributed by atoms with Crippen LogP contribution in [0.2, 0.25) is 0 Å². The van der Waals surface area contributed by atoms with Crippen molar-refractivity contribution >= 4 is 23.2 Å². The lowest BCUT2D eigenvalue weighted by atomic mass is 10.2. The van der Waals surface area contributed by atoms with E-state index in [1.54, 1.807) is 18.2 Å². The van der Waals surface area contributed by atoms with E-state index in [1.807, 2.05) is 13.8 Å². The minimum Gasteiger partial charge on any atom is -0.507 e. The predicted octanol–water partition coefficient (Wildman–Crippen LogP) is 0.994. The maximum Gasteiger partial charge on any atom is 0.255 e. The number of benzene rings is 1. The third kappa shape index (κ3) is 5.56. The fraction of sp³-hybridized carbons (Fsp3) is 0.385. The molecule has 0 heterocycles. The molecule has 1 aromatic rings. The van der Waals surface area contributed by atoms with Gasteiger partial charge in [-0.25, -0.2) is 0 Å². The van der Waals surface area contributed by atoms with Gasteiger partial charge in [-0.3, -0.25) is 4.79 Å². The van der Waals surface area contributed by atoms with Crippen LogP contribution in [0.15, 0.2) is 24.3 Å². The van der Waals surface area contributed by atoms with Gasteiger partial charge in [-0.15, -0.1) is 0 Å². The Kier molecular flexibility index (Phi) is 6.08. The van der Waals surface area contributed by atoms with Crippen LogP contribution in [0, 0.1) is 0 Å². The van der Waals surface area contributed by atoms with Crippen LogP contribution in [-0.2, 0) is 0 Å². The number of phenolic OH excluding ortho intramolecular Hbond substituents is 1. The first-order chi connectivity index (χ1) is 9.00. The molecule has 0 radical (unpaired) electrons. The molecule has 1 aromatic carbocycles. The molecular formula is C13H19N3O2S. The standard InChI is InChI=1S/C13H19N3O2S/c1-9(2)16-13(19)15-8-7-14-12(18)10-5-3-4-6-11(10)17/h3-6,9,17H,7-8H2,1-2H3,(H,14,18)(H2,15,16,19). The average Bonchev–Trinajstić information content (AvgIpc) is 2.34. The molecule has 0 bridgehead atoms. The van der Waals surface area contributed by atoms with Crippen LogP contribution in [0.1, 0.15) is 24.2 Å². The molecule has 0 spiro atoms. The van der Waals surface area contributed by atoms with E-state index in [-0.39, 0.29) is 23.3 Å². The minimum absolute atomic E-state index is 0.0232. The van der Waals surface area contributed by atoms with Gasteiger partial charge in [0.05, 0.1) is 5.56 Å². The molecule has 1 rings (SSSR count). The number of nitrogens with one attached hydrogen (secondary N) is 3. The van der Waals surface area contributed by atoms with E-state index < -0.39 is 0 Å². The second-order valence-electron chi connectivity index (χ2n) is 4.33. The first-order valence-electron chi connectivity index (χ1n) is 6.11. The number of rotatable bonds is 5. The van der Waals surface area contributed by atoms with E-state index in [2.05, 4.69) is 16.0 Å². The van der Waals surface area contributed by atoms with Gasteiger partial charge in [0.1, 0.15) is 5.75 Å². The van der Waals surface area contributed by atoms with Crippen LogP contribution >= 0.6 is 12.2 Å². The van der Waals surface area contributed by atoms with Crippen molar-refractivity contribution in [1.82, 2.24) is 16.0 Å². The highest BCUT2D eigenvalue weighted by atomic mass is 32.1. The smallest absolute Gasteiger partial charge is 0.255 e. The SMILES string of the molecule is CC(C)NC(=S)NCCNC(=O)c1ccccc1O. The normalized spacial score (nSPS) is 10.1. The Balaban J connectivity index is 2.29. The van der Waals surface area contributed by atoms with Gasteiger partial charge < -0.3 is 21.1 Å². The maximum absolute atomic E-state index is 11.7. The van der Waals surface area contributed by atoms with E-state index in [0.717, 1.165) is 0 Å². The Morgan fingerprint density at radius 2 is 1.89 bits per heavy atom. The first-order valence-corrected chi connectivity index (χ1v) is 6.52. The summed E-state index contributed by atoms with van der Waals surface area (Å²) in [5, 5.41) is 18.8. The predicted molar refractivity (Wildman–Crippen MR) is 79.3 cm³/mol. The van der Waals surface area contributed by atoms with Crippen LogP contribution in [-0.4, -0.2) is 35.3 Å². The number of hydrogen-bond donors (Lipinski definition) is 4. The van der Waals surface area contributed by atoms with Gasteiger partial charge in [-0.05, 0) is 38.2 Å². The van der Waals surface area contributed by atoms with Crippen molar-refractivity contribution in [2.75, 3.05) is 13.1 Å². The molecule has 0 aliphatic heterocycles. The lowest BCUT2D eigenvalue weighted by Crippen LogP contribution is -2.42. The van der Waals surface area contributed by atoms with Crippen molar-refractivity contribution in [3.05, 3.63) is 29.8 Å². The summed E-state index contributed by atoms with van der Waals surface area (Å²) >= 11 is 5.05. The number of amides is 1. The molecule has 0 aliphatic carbocycles. The van der Waals surface area contributed by atoms with Gasteiger partial charge in [0.2, 0.25) is 0 Å². The first kappa shape index (κ1) is 15.2. The van der Waals surface area contributed by atoms with Crippen molar-refractivity contribution in [2.24, 2.45) is 0 Å². The van der Waals surface area contributed by atoms with Gasteiger partial charge in [-0.2, -0.15) is 0 Å². The quantitative estimate of drug-likeness (QED) is 0.478. The minimum atomic E-state index is -0.303. The van der Waals surface area contributed by atoms with Crippen LogP contribution in [0.4, 0.5) is 0 Å². The number of hydrogen-bond acceptors (Lipinski definition) is 3. The molecule has 0 aromatic heterocycles. The zero-order valence-corrected chi connectivity index (χ0v) is 11.9. The zero-order valence-electron chi connectivity index (χ0n) is 11.1. The lowest BCUT2D eigenvalue weighted by Gasteiger charge is -2.13. The lowest BCUT2D eigenvalue weighted by molar-refractivity contribution is 0.0951. The second kappa shape index (κ2) is 7.58. The van der Waals surface area contributed by atoms with Gasteiger partial charge in [0.25, 0.3) is 5.91 Å². The Bertz CT molecular complexity index is 449. The van der Waals surface area contributed by atoms with Crippen molar-refractivity contribution in [2.45, 2.75) is 19.9 Å². The molecule has 104 valence electrons. The van der Waals surface area contributed by atoms with Crippen molar-refractivity contribution in [1.29, 1.82) is 0 Å². The van der Waals surface area contributed by atoms with Crippen LogP contribution in [0.3, 0.4) is 0 Å². The highest BCUT2D eigenvalue weighted by molar-refractivity contribution is 7.80. The molecule has 0 aliphatic rings. The van der Waals surface area contributed by atoms with Gasteiger partial charge >= 0.3 is 0 Å². The van der Waals surface area contributed by atoms with Gasteiger partial charge in [-0.1, -0.05) is 12.1 Å². The molecule has 0 saturated carbocycles. The average molecular weight is 281 g/mol. The van der Waals surface area contributed by atoms with E-state index in [0.29, 0.717) is 18.2 Å². The number of para-hydroxylation sites is 1. The van der Waals surface area contributed by atoms with Crippen LogP contribution in [0.5, 0.6) is 5.75 Å². The third-order valence-corrected chi connectivity index (χ3v) is 2.53. The highest BCUT2D eigenvalue weighted by Crippen LogP contribution is 2.14. The largest absolute Gasteiger partial charge is 0.507 e. The Morgan fingerprint density at radius 1 is 1.26 bits per heavy atom. The molecule has 0 atom stereocenters. The van der Waals surface area contributed by atoms with E-state index in [9.17, 15) is 9.90 Å². The molecule has 6 heteroatoms. The molecule has 4 N–H and O–H groups in total. The number of carbonyl (C=O) groups excluding carboxylic acids is 1. The van der Waals surface area contributed by atoms with Crippen molar-refractivity contribution < 1.29 is 9.90 Å². The molecule has 5 nitrogen and oxygen atoms in total. The Labute approximate surface area is 118 Å². The summed E-state index contributed by atoms with van der Waals surface area (Å²) in [6.07, 6.45) is 0. The van der Waals surface area contributed by atoms with Gasteiger partial charge in [0.15, 0.2) is 5.11 Å². The fourth-order valence-corrected chi connectivity index (χ4v) is 1.76.